The van der Waals surface area contributed by atoms with Gasteiger partial charge in [-0.1, -0.05) is 30.3 Å². The van der Waals surface area contributed by atoms with Crippen LogP contribution in [0.2, 0.25) is 0 Å². The minimum Gasteiger partial charge on any atom is -0.314 e. The summed E-state index contributed by atoms with van der Waals surface area (Å²) >= 11 is 0. The number of nitrogens with one attached hydrogen (secondary N) is 1. The third-order valence-corrected chi connectivity index (χ3v) is 4.92. The van der Waals surface area contributed by atoms with Gasteiger partial charge in [-0.3, -0.25) is 0 Å². The summed E-state index contributed by atoms with van der Waals surface area (Å²) in [5, 5.41) is 3.62. The molecular weight excluding hydrogens is 244 g/mol. The van der Waals surface area contributed by atoms with Crippen LogP contribution >= 0.6 is 0 Å². The van der Waals surface area contributed by atoms with Crippen molar-refractivity contribution in [2.75, 3.05) is 19.6 Å². The first-order valence-electron chi connectivity index (χ1n) is 8.35. The molecule has 2 heteroatoms. The minimum absolute atomic E-state index is 0.740. The van der Waals surface area contributed by atoms with Crippen molar-refractivity contribution in [2.24, 2.45) is 0 Å². The Kier molecular flexibility index (Phi) is 4.74. The lowest BCUT2D eigenvalue weighted by atomic mass is 9.99. The molecule has 0 aromatic heterocycles. The van der Waals surface area contributed by atoms with Crippen molar-refractivity contribution in [3.05, 3.63) is 35.9 Å². The van der Waals surface area contributed by atoms with Crippen LogP contribution in [0.1, 0.15) is 50.5 Å². The lowest BCUT2D eigenvalue weighted by Crippen LogP contribution is -2.31. The van der Waals surface area contributed by atoms with E-state index in [0.29, 0.717) is 0 Å². The van der Waals surface area contributed by atoms with Crippen molar-refractivity contribution in [1.29, 1.82) is 0 Å². The van der Waals surface area contributed by atoms with Crippen molar-refractivity contribution >= 4 is 0 Å². The van der Waals surface area contributed by atoms with Crippen LogP contribution in [0.3, 0.4) is 0 Å². The molecule has 1 N–H and O–H groups in total. The molecule has 0 bridgehead atoms. The number of likely N-dealkylation sites (tertiary alicyclic amines) is 1. The zero-order valence-electron chi connectivity index (χ0n) is 12.7. The van der Waals surface area contributed by atoms with Crippen molar-refractivity contribution in [3.63, 3.8) is 0 Å². The van der Waals surface area contributed by atoms with E-state index in [1.807, 2.05) is 0 Å². The van der Waals surface area contributed by atoms with Crippen LogP contribution in [0, 0.1) is 0 Å². The van der Waals surface area contributed by atoms with Gasteiger partial charge in [-0.05, 0) is 63.6 Å². The Hall–Kier alpha value is -0.860. The van der Waals surface area contributed by atoms with Crippen LogP contribution in [-0.2, 0) is 0 Å². The molecule has 20 heavy (non-hydrogen) atoms. The van der Waals surface area contributed by atoms with Crippen molar-refractivity contribution < 1.29 is 0 Å². The van der Waals surface area contributed by atoms with Gasteiger partial charge in [-0.2, -0.15) is 0 Å². The molecular formula is C18H28N2. The molecule has 2 fully saturated rings. The van der Waals surface area contributed by atoms with E-state index in [1.165, 1.54) is 57.3 Å². The molecule has 1 aliphatic heterocycles. The zero-order valence-corrected chi connectivity index (χ0v) is 12.7. The van der Waals surface area contributed by atoms with Gasteiger partial charge in [0.1, 0.15) is 0 Å². The Morgan fingerprint density at radius 2 is 2.00 bits per heavy atom. The molecule has 0 radical (unpaired) electrons. The molecule has 1 aliphatic carbocycles. The maximum atomic E-state index is 3.62. The Morgan fingerprint density at radius 3 is 2.75 bits per heavy atom. The molecule has 2 unspecified atom stereocenters. The fraction of sp³-hybridized carbons (Fsp3) is 0.667. The summed E-state index contributed by atoms with van der Waals surface area (Å²) in [6.45, 7) is 6.15. The molecule has 1 aromatic carbocycles. The predicted molar refractivity (Wildman–Crippen MR) is 85.1 cm³/mol. The van der Waals surface area contributed by atoms with E-state index in [1.54, 1.807) is 0 Å². The molecule has 2 aliphatic rings. The number of hydrogen-bond acceptors (Lipinski definition) is 2. The summed E-state index contributed by atoms with van der Waals surface area (Å²) in [6.07, 6.45) is 6.79. The van der Waals surface area contributed by atoms with Gasteiger partial charge in [0, 0.05) is 18.6 Å². The molecule has 1 saturated carbocycles. The van der Waals surface area contributed by atoms with E-state index in [0.717, 1.165) is 18.0 Å². The van der Waals surface area contributed by atoms with Gasteiger partial charge in [-0.25, -0.2) is 0 Å². The summed E-state index contributed by atoms with van der Waals surface area (Å²) in [7, 11) is 0. The highest BCUT2D eigenvalue weighted by molar-refractivity contribution is 5.21. The highest BCUT2D eigenvalue weighted by atomic mass is 15.2. The lowest BCUT2D eigenvalue weighted by molar-refractivity contribution is 0.240. The Bertz CT molecular complexity index is 399. The Morgan fingerprint density at radius 1 is 1.20 bits per heavy atom. The van der Waals surface area contributed by atoms with Gasteiger partial charge in [0.15, 0.2) is 0 Å². The molecule has 1 aromatic rings. The van der Waals surface area contributed by atoms with Gasteiger partial charge in [-0.15, -0.1) is 0 Å². The van der Waals surface area contributed by atoms with Crippen molar-refractivity contribution in [3.8, 4) is 0 Å². The Balaban J connectivity index is 1.39. The fourth-order valence-electron chi connectivity index (χ4n) is 3.36. The van der Waals surface area contributed by atoms with E-state index >= 15 is 0 Å². The third-order valence-electron chi connectivity index (χ3n) is 4.92. The van der Waals surface area contributed by atoms with Crippen LogP contribution in [0.15, 0.2) is 30.3 Å². The summed E-state index contributed by atoms with van der Waals surface area (Å²) < 4.78 is 0. The first-order valence-corrected chi connectivity index (χ1v) is 8.35. The van der Waals surface area contributed by atoms with E-state index < -0.39 is 0 Å². The second-order valence-electron chi connectivity index (χ2n) is 6.61. The molecule has 3 rings (SSSR count). The van der Waals surface area contributed by atoms with Gasteiger partial charge in [0.05, 0.1) is 0 Å². The van der Waals surface area contributed by atoms with Crippen LogP contribution in [0.4, 0.5) is 0 Å². The first kappa shape index (κ1) is 14.1. The first-order chi connectivity index (χ1) is 9.83. The molecule has 2 nitrogen and oxygen atoms in total. The lowest BCUT2D eigenvalue weighted by Gasteiger charge is -2.24. The average Bonchev–Trinajstić information content (AvgIpc) is 3.18. The summed E-state index contributed by atoms with van der Waals surface area (Å²) in [4.78, 5) is 2.69. The van der Waals surface area contributed by atoms with E-state index in [4.69, 9.17) is 0 Å². The fourth-order valence-corrected chi connectivity index (χ4v) is 3.36. The van der Waals surface area contributed by atoms with Crippen LogP contribution in [-0.4, -0.2) is 36.6 Å². The quantitative estimate of drug-likeness (QED) is 0.765. The van der Waals surface area contributed by atoms with Crippen molar-refractivity contribution in [1.82, 2.24) is 10.2 Å². The molecule has 2 atom stereocenters. The SMILES string of the molecule is CC(CCCNC1CC1)N1CCC(c2ccccc2)C1. The normalized spacial score (nSPS) is 24.9. The molecule has 1 saturated heterocycles. The van der Waals surface area contributed by atoms with E-state index in [2.05, 4.69) is 47.5 Å². The predicted octanol–water partition coefficient (Wildman–Crippen LogP) is 3.40. The Labute approximate surface area is 123 Å². The zero-order chi connectivity index (χ0) is 13.8. The molecule has 0 amide bonds. The van der Waals surface area contributed by atoms with Gasteiger partial charge in [0.25, 0.3) is 0 Å². The minimum atomic E-state index is 0.740. The highest BCUT2D eigenvalue weighted by Gasteiger charge is 2.26. The van der Waals surface area contributed by atoms with E-state index in [-0.39, 0.29) is 0 Å². The largest absolute Gasteiger partial charge is 0.314 e. The standard InChI is InChI=1S/C18H28N2/c1-15(6-5-12-19-18-9-10-18)20-13-11-17(14-20)16-7-3-2-4-8-16/h2-4,7-8,15,17-19H,5-6,9-14H2,1H3. The molecule has 0 spiro atoms. The van der Waals surface area contributed by atoms with Gasteiger partial charge < -0.3 is 10.2 Å². The summed E-state index contributed by atoms with van der Waals surface area (Å²) in [5.41, 5.74) is 1.53. The van der Waals surface area contributed by atoms with Crippen LogP contribution in [0.5, 0.6) is 0 Å². The number of benzene rings is 1. The number of rotatable bonds is 7. The summed E-state index contributed by atoms with van der Waals surface area (Å²) in [6, 6.07) is 12.6. The highest BCUT2D eigenvalue weighted by Crippen LogP contribution is 2.29. The second kappa shape index (κ2) is 6.73. The summed E-state index contributed by atoms with van der Waals surface area (Å²) in [5.74, 6) is 0.753. The topological polar surface area (TPSA) is 15.3 Å². The maximum Gasteiger partial charge on any atom is 0.00682 e. The van der Waals surface area contributed by atoms with Crippen LogP contribution in [0.25, 0.3) is 0 Å². The number of nitrogens with zero attached hydrogens (tertiary/aromatic N) is 1. The molecule has 1 heterocycles. The molecule has 110 valence electrons. The maximum absolute atomic E-state index is 3.62. The van der Waals surface area contributed by atoms with Gasteiger partial charge in [0.2, 0.25) is 0 Å². The average molecular weight is 272 g/mol. The smallest absolute Gasteiger partial charge is 0.00682 e. The van der Waals surface area contributed by atoms with Crippen molar-refractivity contribution in [2.45, 2.75) is 57.0 Å². The van der Waals surface area contributed by atoms with Crippen LogP contribution < -0.4 is 5.32 Å². The second-order valence-corrected chi connectivity index (χ2v) is 6.61. The number of hydrogen-bond donors (Lipinski definition) is 1. The monoisotopic (exact) mass is 272 g/mol. The van der Waals surface area contributed by atoms with E-state index in [9.17, 15) is 0 Å². The van der Waals surface area contributed by atoms with Gasteiger partial charge >= 0.3 is 0 Å². The third kappa shape index (κ3) is 3.83.